The van der Waals surface area contributed by atoms with Crippen molar-refractivity contribution in [1.29, 1.82) is 0 Å². The molecule has 4 rings (SSSR count). The van der Waals surface area contributed by atoms with Crippen molar-refractivity contribution in [1.82, 2.24) is 19.4 Å². The van der Waals surface area contributed by atoms with Gasteiger partial charge in [-0.15, -0.1) is 11.3 Å². The molecule has 0 spiro atoms. The number of carbonyl (C=O) groups is 1. The van der Waals surface area contributed by atoms with Crippen molar-refractivity contribution in [2.24, 2.45) is 0 Å². The molecule has 0 atom stereocenters. The number of rotatable bonds is 5. The highest BCUT2D eigenvalue weighted by Gasteiger charge is 2.23. The van der Waals surface area contributed by atoms with Crippen LogP contribution in [0, 0.1) is 0 Å². The molecule has 0 saturated carbocycles. The first-order chi connectivity index (χ1) is 12.8. The molecule has 6 heteroatoms. The van der Waals surface area contributed by atoms with Gasteiger partial charge in [-0.25, -0.2) is 4.98 Å². The van der Waals surface area contributed by atoms with Crippen LogP contribution in [-0.4, -0.2) is 58.0 Å². The highest BCUT2D eigenvalue weighted by Crippen LogP contribution is 2.17. The van der Waals surface area contributed by atoms with E-state index in [1.54, 1.807) is 0 Å². The number of carbonyl (C=O) groups excluding carboxylic acids is 1. The summed E-state index contributed by atoms with van der Waals surface area (Å²) in [5.74, 6) is 0.0439. The van der Waals surface area contributed by atoms with Crippen LogP contribution in [-0.2, 0) is 6.42 Å². The summed E-state index contributed by atoms with van der Waals surface area (Å²) in [6.45, 7) is 4.43. The van der Waals surface area contributed by atoms with Crippen LogP contribution in [0.1, 0.15) is 16.1 Å². The summed E-state index contributed by atoms with van der Waals surface area (Å²) in [5.41, 5.74) is 1.92. The molecule has 5 nitrogen and oxygen atoms in total. The van der Waals surface area contributed by atoms with E-state index in [0.29, 0.717) is 5.69 Å². The van der Waals surface area contributed by atoms with Crippen LogP contribution in [0.25, 0.3) is 5.13 Å². The van der Waals surface area contributed by atoms with Crippen LogP contribution in [0.15, 0.2) is 60.2 Å². The summed E-state index contributed by atoms with van der Waals surface area (Å²) in [5, 5.41) is 2.69. The molecule has 1 aliphatic heterocycles. The molecular formula is C20H22N4OS. The third-order valence-corrected chi connectivity index (χ3v) is 5.61. The van der Waals surface area contributed by atoms with Crippen LogP contribution in [0.4, 0.5) is 0 Å². The number of thiazole rings is 1. The minimum absolute atomic E-state index is 0.0439. The molecule has 1 aliphatic rings. The first kappa shape index (κ1) is 17.0. The molecule has 2 aromatic heterocycles. The van der Waals surface area contributed by atoms with Crippen LogP contribution < -0.4 is 0 Å². The van der Waals surface area contributed by atoms with Gasteiger partial charge in [0.05, 0.1) is 0 Å². The van der Waals surface area contributed by atoms with Crippen LogP contribution >= 0.6 is 11.3 Å². The van der Waals surface area contributed by atoms with Crippen molar-refractivity contribution >= 4 is 17.2 Å². The predicted molar refractivity (Wildman–Crippen MR) is 104 cm³/mol. The minimum atomic E-state index is 0.0439. The fourth-order valence-electron chi connectivity index (χ4n) is 3.21. The Bertz CT molecular complexity index is 836. The Hall–Kier alpha value is -2.44. The molecule has 3 heterocycles. The van der Waals surface area contributed by atoms with Gasteiger partial charge in [0.25, 0.3) is 5.91 Å². The zero-order chi connectivity index (χ0) is 17.8. The summed E-state index contributed by atoms with van der Waals surface area (Å²) < 4.78 is 1.93. The fraction of sp³-hybridized carbons (Fsp3) is 0.300. The SMILES string of the molecule is O=C(c1csc(-n2cccc2)n1)N1CCN(CCc2ccccc2)CC1. The van der Waals surface area contributed by atoms with Gasteiger partial charge in [0, 0.05) is 50.5 Å². The van der Waals surface area contributed by atoms with Gasteiger partial charge < -0.3 is 9.47 Å². The van der Waals surface area contributed by atoms with E-state index < -0.39 is 0 Å². The van der Waals surface area contributed by atoms with E-state index in [2.05, 4.69) is 34.1 Å². The standard InChI is InChI=1S/C20H22N4OS/c25-19(18-16-26-20(21-18)24-9-4-5-10-24)23-14-12-22(13-15-23)11-8-17-6-2-1-3-7-17/h1-7,9-10,16H,8,11-15H2. The maximum atomic E-state index is 12.7. The van der Waals surface area contributed by atoms with E-state index in [9.17, 15) is 4.79 Å². The van der Waals surface area contributed by atoms with Crippen molar-refractivity contribution in [2.45, 2.75) is 6.42 Å². The molecule has 1 fully saturated rings. The molecule has 0 bridgehead atoms. The van der Waals surface area contributed by atoms with E-state index in [1.165, 1.54) is 16.9 Å². The van der Waals surface area contributed by atoms with Gasteiger partial charge in [-0.1, -0.05) is 30.3 Å². The molecule has 0 radical (unpaired) electrons. The lowest BCUT2D eigenvalue weighted by Crippen LogP contribution is -2.49. The van der Waals surface area contributed by atoms with Crippen molar-refractivity contribution in [2.75, 3.05) is 32.7 Å². The van der Waals surface area contributed by atoms with Gasteiger partial charge in [0.1, 0.15) is 5.69 Å². The van der Waals surface area contributed by atoms with Gasteiger partial charge >= 0.3 is 0 Å². The Kier molecular flexibility index (Phi) is 5.13. The summed E-state index contributed by atoms with van der Waals surface area (Å²) in [6.07, 6.45) is 4.94. The summed E-state index contributed by atoms with van der Waals surface area (Å²) in [6, 6.07) is 14.5. The fourth-order valence-corrected chi connectivity index (χ4v) is 3.98. The number of benzene rings is 1. The number of hydrogen-bond donors (Lipinski definition) is 0. The Morgan fingerprint density at radius 2 is 1.73 bits per heavy atom. The molecular weight excluding hydrogens is 344 g/mol. The van der Waals surface area contributed by atoms with Gasteiger partial charge in [0.2, 0.25) is 0 Å². The number of nitrogens with zero attached hydrogens (tertiary/aromatic N) is 4. The Balaban J connectivity index is 1.29. The zero-order valence-corrected chi connectivity index (χ0v) is 15.4. The third-order valence-electron chi connectivity index (χ3n) is 4.76. The quantitative estimate of drug-likeness (QED) is 0.697. The van der Waals surface area contributed by atoms with E-state index in [4.69, 9.17) is 0 Å². The van der Waals surface area contributed by atoms with E-state index >= 15 is 0 Å². The minimum Gasteiger partial charge on any atom is -0.335 e. The van der Waals surface area contributed by atoms with Crippen molar-refractivity contribution in [3.8, 4) is 5.13 Å². The van der Waals surface area contributed by atoms with Crippen LogP contribution in [0.5, 0.6) is 0 Å². The molecule has 134 valence electrons. The lowest BCUT2D eigenvalue weighted by Gasteiger charge is -2.34. The Labute approximate surface area is 157 Å². The smallest absolute Gasteiger partial charge is 0.273 e. The number of aromatic nitrogens is 2. The zero-order valence-electron chi connectivity index (χ0n) is 14.6. The first-order valence-electron chi connectivity index (χ1n) is 8.94. The third kappa shape index (κ3) is 3.86. The van der Waals surface area contributed by atoms with Crippen molar-refractivity contribution in [3.63, 3.8) is 0 Å². The molecule has 26 heavy (non-hydrogen) atoms. The highest BCUT2D eigenvalue weighted by molar-refractivity contribution is 7.12. The predicted octanol–water partition coefficient (Wildman–Crippen LogP) is 2.93. The molecule has 3 aromatic rings. The van der Waals surface area contributed by atoms with Gasteiger partial charge in [-0.3, -0.25) is 9.69 Å². The monoisotopic (exact) mass is 366 g/mol. The topological polar surface area (TPSA) is 41.4 Å². The second kappa shape index (κ2) is 7.85. The molecule has 1 aromatic carbocycles. The molecule has 0 aliphatic carbocycles. The van der Waals surface area contributed by atoms with Crippen LogP contribution in [0.2, 0.25) is 0 Å². The van der Waals surface area contributed by atoms with Crippen molar-refractivity contribution < 1.29 is 4.79 Å². The molecule has 1 saturated heterocycles. The maximum Gasteiger partial charge on any atom is 0.273 e. The van der Waals surface area contributed by atoms with E-state index in [0.717, 1.165) is 44.3 Å². The second-order valence-corrected chi connectivity index (χ2v) is 7.31. The average Bonchev–Trinajstić information content (AvgIpc) is 3.38. The Morgan fingerprint density at radius 1 is 1.00 bits per heavy atom. The summed E-state index contributed by atoms with van der Waals surface area (Å²) in [7, 11) is 0. The van der Waals surface area contributed by atoms with Crippen molar-refractivity contribution in [3.05, 3.63) is 71.5 Å². The number of piperazine rings is 1. The lowest BCUT2D eigenvalue weighted by molar-refractivity contribution is 0.0633. The first-order valence-corrected chi connectivity index (χ1v) is 9.82. The number of amides is 1. The van der Waals surface area contributed by atoms with Gasteiger partial charge in [-0.05, 0) is 24.1 Å². The van der Waals surface area contributed by atoms with Gasteiger partial charge in [0.15, 0.2) is 5.13 Å². The Morgan fingerprint density at radius 3 is 2.46 bits per heavy atom. The maximum absolute atomic E-state index is 12.7. The second-order valence-electron chi connectivity index (χ2n) is 6.48. The van der Waals surface area contributed by atoms with E-state index in [1.807, 2.05) is 45.4 Å². The average molecular weight is 366 g/mol. The molecule has 0 unspecified atom stereocenters. The number of hydrogen-bond acceptors (Lipinski definition) is 4. The molecule has 1 amide bonds. The van der Waals surface area contributed by atoms with Crippen LogP contribution in [0.3, 0.4) is 0 Å². The van der Waals surface area contributed by atoms with E-state index in [-0.39, 0.29) is 5.91 Å². The normalized spacial score (nSPS) is 15.3. The largest absolute Gasteiger partial charge is 0.335 e. The van der Waals surface area contributed by atoms with Gasteiger partial charge in [-0.2, -0.15) is 0 Å². The highest BCUT2D eigenvalue weighted by atomic mass is 32.1. The molecule has 0 N–H and O–H groups in total. The summed E-state index contributed by atoms with van der Waals surface area (Å²) >= 11 is 1.50. The summed E-state index contributed by atoms with van der Waals surface area (Å²) in [4.78, 5) is 21.6. The lowest BCUT2D eigenvalue weighted by atomic mass is 10.1.